The van der Waals surface area contributed by atoms with Gasteiger partial charge in [-0.05, 0) is 44.4 Å². The summed E-state index contributed by atoms with van der Waals surface area (Å²) in [4.78, 5) is 30.7. The van der Waals surface area contributed by atoms with Crippen molar-refractivity contribution >= 4 is 23.4 Å². The zero-order valence-corrected chi connectivity index (χ0v) is 16.5. The van der Waals surface area contributed by atoms with Gasteiger partial charge in [-0.3, -0.25) is 9.59 Å². The van der Waals surface area contributed by atoms with Crippen LogP contribution in [0, 0.1) is 12.8 Å². The van der Waals surface area contributed by atoms with E-state index in [4.69, 9.17) is 4.74 Å². The number of carbonyl (C=O) groups excluding carboxylic acids is 2. The zero-order chi connectivity index (χ0) is 19.9. The molecule has 1 amide bonds. The van der Waals surface area contributed by atoms with E-state index in [-0.39, 0.29) is 17.8 Å². The molecule has 28 heavy (non-hydrogen) atoms. The van der Waals surface area contributed by atoms with E-state index in [9.17, 15) is 9.59 Å². The molecular weight excluding hydrogens is 354 g/mol. The van der Waals surface area contributed by atoms with Gasteiger partial charge in [-0.2, -0.15) is 0 Å². The first-order chi connectivity index (χ1) is 13.5. The Hall–Kier alpha value is -2.89. The van der Waals surface area contributed by atoms with Crippen LogP contribution in [0.1, 0.15) is 30.9 Å². The lowest BCUT2D eigenvalue weighted by molar-refractivity contribution is -0.148. The number of ether oxygens (including phenoxy) is 1. The van der Waals surface area contributed by atoms with Crippen LogP contribution < -0.4 is 10.2 Å². The highest BCUT2D eigenvalue weighted by Crippen LogP contribution is 2.24. The van der Waals surface area contributed by atoms with Crippen molar-refractivity contribution in [3.63, 3.8) is 0 Å². The third-order valence-corrected chi connectivity index (χ3v) is 4.94. The van der Waals surface area contributed by atoms with Gasteiger partial charge in [-0.25, -0.2) is 4.98 Å². The smallest absolute Gasteiger partial charge is 0.309 e. The average molecular weight is 381 g/mol. The molecule has 0 bridgehead atoms. The van der Waals surface area contributed by atoms with E-state index in [1.165, 1.54) is 0 Å². The number of benzene rings is 1. The molecule has 1 aromatic carbocycles. The van der Waals surface area contributed by atoms with Gasteiger partial charge in [-0.15, -0.1) is 0 Å². The normalized spacial score (nSPS) is 14.6. The monoisotopic (exact) mass is 381 g/mol. The quantitative estimate of drug-likeness (QED) is 0.777. The van der Waals surface area contributed by atoms with Gasteiger partial charge in [0.1, 0.15) is 5.82 Å². The summed E-state index contributed by atoms with van der Waals surface area (Å²) in [6, 6.07) is 11.7. The molecule has 0 atom stereocenters. The molecule has 1 aromatic heterocycles. The summed E-state index contributed by atoms with van der Waals surface area (Å²) in [6.45, 7) is 5.87. The van der Waals surface area contributed by atoms with E-state index >= 15 is 0 Å². The molecular formula is C22H27N3O3. The topological polar surface area (TPSA) is 71.5 Å². The van der Waals surface area contributed by atoms with Crippen molar-refractivity contribution in [3.8, 4) is 0 Å². The van der Waals surface area contributed by atoms with Crippen LogP contribution in [0.25, 0.3) is 0 Å². The summed E-state index contributed by atoms with van der Waals surface area (Å²) in [5, 5.41) is 2.85. The number of aryl methyl sites for hydroxylation is 1. The van der Waals surface area contributed by atoms with Crippen molar-refractivity contribution in [1.29, 1.82) is 0 Å². The van der Waals surface area contributed by atoms with Crippen LogP contribution in [0.15, 0.2) is 42.6 Å². The Bertz CT molecular complexity index is 812. The van der Waals surface area contributed by atoms with E-state index < -0.39 is 0 Å². The number of anilines is 2. The SMILES string of the molecule is CCOC(=O)C1CCN(c2ccc(NC(=O)Cc3cccc(C)c3)nc2)CC1. The van der Waals surface area contributed by atoms with Crippen LogP contribution in [-0.2, 0) is 20.7 Å². The third-order valence-electron chi connectivity index (χ3n) is 4.94. The molecule has 1 N–H and O–H groups in total. The van der Waals surface area contributed by atoms with E-state index in [0.29, 0.717) is 18.8 Å². The summed E-state index contributed by atoms with van der Waals surface area (Å²) in [5.74, 6) is 0.361. The van der Waals surface area contributed by atoms with Gasteiger partial charge in [0.05, 0.1) is 30.8 Å². The second-order valence-electron chi connectivity index (χ2n) is 7.13. The molecule has 0 radical (unpaired) electrons. The predicted molar refractivity (Wildman–Crippen MR) is 109 cm³/mol. The largest absolute Gasteiger partial charge is 0.466 e. The van der Waals surface area contributed by atoms with Crippen molar-refractivity contribution in [1.82, 2.24) is 4.98 Å². The van der Waals surface area contributed by atoms with Gasteiger partial charge in [-0.1, -0.05) is 29.8 Å². The number of carbonyl (C=O) groups is 2. The van der Waals surface area contributed by atoms with Crippen LogP contribution in [0.2, 0.25) is 0 Å². The number of rotatable bonds is 6. The van der Waals surface area contributed by atoms with Gasteiger partial charge < -0.3 is 15.0 Å². The first kappa shape index (κ1) is 19.9. The number of hydrogen-bond donors (Lipinski definition) is 1. The van der Waals surface area contributed by atoms with E-state index in [2.05, 4.69) is 15.2 Å². The second kappa shape index (κ2) is 9.35. The van der Waals surface area contributed by atoms with Crippen LogP contribution in [0.3, 0.4) is 0 Å². The minimum atomic E-state index is -0.0908. The number of nitrogens with one attached hydrogen (secondary N) is 1. The van der Waals surface area contributed by atoms with Crippen molar-refractivity contribution in [3.05, 3.63) is 53.7 Å². The standard InChI is InChI=1S/C22H27N3O3/c1-3-28-22(27)18-9-11-25(12-10-18)19-7-8-20(23-15-19)24-21(26)14-17-6-4-5-16(2)13-17/h4-8,13,15,18H,3,9-12,14H2,1-2H3,(H,23,24,26). The van der Waals surface area contributed by atoms with Crippen molar-refractivity contribution in [2.24, 2.45) is 5.92 Å². The number of hydrogen-bond acceptors (Lipinski definition) is 5. The van der Waals surface area contributed by atoms with Gasteiger partial charge in [0.25, 0.3) is 0 Å². The van der Waals surface area contributed by atoms with Crippen molar-refractivity contribution < 1.29 is 14.3 Å². The lowest BCUT2D eigenvalue weighted by Crippen LogP contribution is -2.37. The molecule has 2 aromatic rings. The Balaban J connectivity index is 1.51. The van der Waals surface area contributed by atoms with E-state index in [1.807, 2.05) is 50.2 Å². The molecule has 6 heteroatoms. The first-order valence-electron chi connectivity index (χ1n) is 9.78. The molecule has 0 unspecified atom stereocenters. The highest BCUT2D eigenvalue weighted by Gasteiger charge is 2.26. The minimum Gasteiger partial charge on any atom is -0.466 e. The van der Waals surface area contributed by atoms with Crippen LogP contribution >= 0.6 is 0 Å². The van der Waals surface area contributed by atoms with Gasteiger partial charge in [0, 0.05) is 13.1 Å². The summed E-state index contributed by atoms with van der Waals surface area (Å²) in [7, 11) is 0. The second-order valence-corrected chi connectivity index (χ2v) is 7.13. The lowest BCUT2D eigenvalue weighted by atomic mass is 9.97. The number of pyridine rings is 1. The number of amides is 1. The summed E-state index contributed by atoms with van der Waals surface area (Å²) in [5.41, 5.74) is 3.12. The van der Waals surface area contributed by atoms with Crippen LogP contribution in [-0.4, -0.2) is 36.6 Å². The molecule has 0 saturated carbocycles. The maximum Gasteiger partial charge on any atom is 0.309 e. The molecule has 1 aliphatic rings. The van der Waals surface area contributed by atoms with Gasteiger partial charge >= 0.3 is 5.97 Å². The number of piperidine rings is 1. The predicted octanol–water partition coefficient (Wildman–Crippen LogP) is 3.35. The minimum absolute atomic E-state index is 0.00987. The summed E-state index contributed by atoms with van der Waals surface area (Å²) in [6.07, 6.45) is 3.67. The van der Waals surface area contributed by atoms with Gasteiger partial charge in [0.15, 0.2) is 0 Å². The zero-order valence-electron chi connectivity index (χ0n) is 16.5. The highest BCUT2D eigenvalue weighted by atomic mass is 16.5. The third kappa shape index (κ3) is 5.31. The molecule has 1 aliphatic heterocycles. The van der Waals surface area contributed by atoms with Crippen LogP contribution in [0.4, 0.5) is 11.5 Å². The Morgan fingerprint density at radius 1 is 1.21 bits per heavy atom. The molecule has 3 rings (SSSR count). The van der Waals surface area contributed by atoms with E-state index in [1.54, 1.807) is 6.20 Å². The molecule has 0 spiro atoms. The highest BCUT2D eigenvalue weighted by molar-refractivity contribution is 5.91. The maximum atomic E-state index is 12.2. The van der Waals surface area contributed by atoms with Crippen LogP contribution in [0.5, 0.6) is 0 Å². The lowest BCUT2D eigenvalue weighted by Gasteiger charge is -2.32. The summed E-state index contributed by atoms with van der Waals surface area (Å²) >= 11 is 0. The fourth-order valence-electron chi connectivity index (χ4n) is 3.48. The average Bonchev–Trinajstić information content (AvgIpc) is 2.69. The Labute approximate surface area is 165 Å². The van der Waals surface area contributed by atoms with Gasteiger partial charge in [0.2, 0.25) is 5.91 Å². The van der Waals surface area contributed by atoms with Crippen molar-refractivity contribution in [2.75, 3.05) is 29.9 Å². The molecule has 1 fully saturated rings. The molecule has 2 heterocycles. The Morgan fingerprint density at radius 3 is 2.64 bits per heavy atom. The molecule has 0 aliphatic carbocycles. The summed E-state index contributed by atoms with van der Waals surface area (Å²) < 4.78 is 5.11. The Morgan fingerprint density at radius 2 is 2.00 bits per heavy atom. The number of aromatic nitrogens is 1. The number of nitrogens with zero attached hydrogens (tertiary/aromatic N) is 2. The van der Waals surface area contributed by atoms with Crippen molar-refractivity contribution in [2.45, 2.75) is 33.1 Å². The first-order valence-corrected chi connectivity index (χ1v) is 9.78. The van der Waals surface area contributed by atoms with E-state index in [0.717, 1.165) is 42.7 Å². The fraction of sp³-hybridized carbons (Fsp3) is 0.409. The molecule has 6 nitrogen and oxygen atoms in total. The fourth-order valence-corrected chi connectivity index (χ4v) is 3.48. The number of esters is 1. The Kier molecular flexibility index (Phi) is 6.63. The molecule has 1 saturated heterocycles. The maximum absolute atomic E-state index is 12.2. The molecule has 148 valence electrons.